The molecule has 0 unspecified atom stereocenters. The number of ether oxygens (including phenoxy) is 5. The van der Waals surface area contributed by atoms with Crippen LogP contribution in [-0.2, 0) is 14.3 Å². The Morgan fingerprint density at radius 2 is 1.53 bits per heavy atom. The van der Waals surface area contributed by atoms with E-state index in [1.807, 2.05) is 0 Å². The fourth-order valence-corrected chi connectivity index (χ4v) is 4.80. The van der Waals surface area contributed by atoms with Crippen molar-refractivity contribution in [2.24, 2.45) is 0 Å². The molecule has 1 aliphatic rings. The quantitative estimate of drug-likeness (QED) is 0.0559. The van der Waals surface area contributed by atoms with Crippen molar-refractivity contribution in [3.8, 4) is 57.3 Å². The molecule has 0 saturated carbocycles. The van der Waals surface area contributed by atoms with Crippen molar-refractivity contribution in [3.63, 3.8) is 0 Å². The highest BCUT2D eigenvalue weighted by molar-refractivity contribution is 5.89. The number of hydrogen-bond acceptors (Lipinski definition) is 14. The third-order valence-electron chi connectivity index (χ3n) is 7.27. The zero-order chi connectivity index (χ0) is 34.0. The lowest BCUT2D eigenvalue weighted by atomic mass is 9.99. The second-order valence-corrected chi connectivity index (χ2v) is 10.4. The van der Waals surface area contributed by atoms with Crippen LogP contribution >= 0.6 is 0 Å². The average molecular weight is 656 g/mol. The van der Waals surface area contributed by atoms with Crippen molar-refractivity contribution >= 4 is 23.0 Å². The Labute approximate surface area is 265 Å². The van der Waals surface area contributed by atoms with Crippen LogP contribution in [0.15, 0.2) is 59.0 Å². The number of phenolic OH excluding ortho intramolecular Hbond substituents is 5. The molecule has 8 N–H and O–H groups in total. The van der Waals surface area contributed by atoms with E-state index in [2.05, 4.69) is 0 Å². The molecule has 4 aromatic rings. The molecule has 1 fully saturated rings. The lowest BCUT2D eigenvalue weighted by Gasteiger charge is -2.39. The minimum atomic E-state index is -1.83. The molecule has 15 heteroatoms. The molecule has 0 aliphatic carbocycles. The van der Waals surface area contributed by atoms with E-state index in [0.717, 1.165) is 18.2 Å². The van der Waals surface area contributed by atoms with E-state index in [1.54, 1.807) is 0 Å². The van der Waals surface area contributed by atoms with Crippen LogP contribution in [0.3, 0.4) is 0 Å². The third-order valence-corrected chi connectivity index (χ3v) is 7.27. The number of phenols is 5. The zero-order valence-corrected chi connectivity index (χ0v) is 24.8. The van der Waals surface area contributed by atoms with Gasteiger partial charge in [0.25, 0.3) is 0 Å². The first-order valence-corrected chi connectivity index (χ1v) is 13.9. The van der Waals surface area contributed by atoms with Gasteiger partial charge >= 0.3 is 17.3 Å². The maximum atomic E-state index is 12.5. The Kier molecular flexibility index (Phi) is 9.44. The van der Waals surface area contributed by atoms with Crippen LogP contribution < -0.4 is 14.2 Å². The smallest absolute Gasteiger partial charge is 0.402 e. The van der Waals surface area contributed by atoms with Gasteiger partial charge in [-0.3, -0.25) is 0 Å². The number of carbonyl (C=O) groups is 1. The highest BCUT2D eigenvalue weighted by Crippen LogP contribution is 2.42. The Hall–Kier alpha value is -5.48. The summed E-state index contributed by atoms with van der Waals surface area (Å²) in [4.78, 5) is 12.5. The summed E-state index contributed by atoms with van der Waals surface area (Å²) in [7, 11) is 2.69. The molecule has 0 spiro atoms. The van der Waals surface area contributed by atoms with Crippen molar-refractivity contribution < 1.29 is 73.7 Å². The molecule has 3 aromatic carbocycles. The molecule has 1 aromatic heterocycles. The van der Waals surface area contributed by atoms with E-state index in [-0.39, 0.29) is 51.0 Å². The summed E-state index contributed by atoms with van der Waals surface area (Å²) >= 11 is 0. The molecule has 5 rings (SSSR count). The molecule has 15 nitrogen and oxygen atoms in total. The summed E-state index contributed by atoms with van der Waals surface area (Å²) in [5.74, 6) is -2.82. The van der Waals surface area contributed by atoms with Crippen molar-refractivity contribution in [1.82, 2.24) is 0 Å². The number of benzene rings is 3. The van der Waals surface area contributed by atoms with Crippen molar-refractivity contribution in [1.29, 1.82) is 0 Å². The van der Waals surface area contributed by atoms with Gasteiger partial charge in [0.2, 0.25) is 17.8 Å². The van der Waals surface area contributed by atoms with E-state index in [1.165, 1.54) is 56.7 Å². The van der Waals surface area contributed by atoms with Gasteiger partial charge in [-0.1, -0.05) is 0 Å². The Bertz CT molecular complexity index is 1800. The van der Waals surface area contributed by atoms with Crippen molar-refractivity contribution in [2.45, 2.75) is 30.7 Å². The first-order chi connectivity index (χ1) is 22.4. The van der Waals surface area contributed by atoms with Crippen LogP contribution in [-0.4, -0.2) is 98.4 Å². The summed E-state index contributed by atoms with van der Waals surface area (Å²) in [6, 6.07) is 10.1. The number of fused-ring (bicyclic) bond motifs is 1. The van der Waals surface area contributed by atoms with E-state index < -0.39 is 60.5 Å². The monoisotopic (exact) mass is 655 g/mol. The summed E-state index contributed by atoms with van der Waals surface area (Å²) < 4.78 is 32.8. The molecule has 0 radical (unpaired) electrons. The van der Waals surface area contributed by atoms with Gasteiger partial charge in [-0.15, -0.1) is 0 Å². The fraction of sp³-hybridized carbons (Fsp3) is 0.250. The van der Waals surface area contributed by atoms with Gasteiger partial charge in [-0.05, 0) is 35.9 Å². The first-order valence-electron chi connectivity index (χ1n) is 13.9. The summed E-state index contributed by atoms with van der Waals surface area (Å²) in [5, 5.41) is 82.2. The molecule has 248 valence electrons. The zero-order valence-electron chi connectivity index (χ0n) is 24.8. The number of aliphatic hydroxyl groups excluding tert-OH is 3. The van der Waals surface area contributed by atoms with Gasteiger partial charge < -0.3 is 64.5 Å². The van der Waals surface area contributed by atoms with E-state index in [0.29, 0.717) is 5.56 Å². The molecule has 0 amide bonds. The lowest BCUT2D eigenvalue weighted by Crippen LogP contribution is -2.60. The molecule has 1 saturated heterocycles. The van der Waals surface area contributed by atoms with Gasteiger partial charge in [0, 0.05) is 24.3 Å². The van der Waals surface area contributed by atoms with Crippen LogP contribution in [0.25, 0.3) is 28.4 Å². The number of methoxy groups -OCH3 is 2. The molecule has 47 heavy (non-hydrogen) atoms. The van der Waals surface area contributed by atoms with Crippen LogP contribution in [0, 0.1) is 0 Å². The number of rotatable bonds is 9. The number of esters is 1. The van der Waals surface area contributed by atoms with Crippen LogP contribution in [0.5, 0.6) is 46.0 Å². The molecular formula is C32H31O15+. The van der Waals surface area contributed by atoms with Gasteiger partial charge in [0.05, 0.1) is 25.8 Å². The minimum Gasteiger partial charge on any atom is -0.507 e. The number of aliphatic hydroxyl groups is 3. The molecule has 2 heterocycles. The van der Waals surface area contributed by atoms with E-state index >= 15 is 0 Å². The van der Waals surface area contributed by atoms with Crippen LogP contribution in [0.4, 0.5) is 0 Å². The van der Waals surface area contributed by atoms with Crippen molar-refractivity contribution in [3.05, 3.63) is 60.2 Å². The van der Waals surface area contributed by atoms with Crippen LogP contribution in [0.2, 0.25) is 0 Å². The predicted molar refractivity (Wildman–Crippen MR) is 161 cm³/mol. The number of carbonyl (C=O) groups excluding carboxylic acids is 1. The molecule has 0 bridgehead atoms. The first kappa shape index (κ1) is 32.9. The number of hydrogen-bond donors (Lipinski definition) is 8. The summed E-state index contributed by atoms with van der Waals surface area (Å²) in [5.41, 5.74) is 0.585. The molecule has 5 atom stereocenters. The van der Waals surface area contributed by atoms with Crippen molar-refractivity contribution in [2.75, 3.05) is 20.8 Å². The fourth-order valence-electron chi connectivity index (χ4n) is 4.80. The average Bonchev–Trinajstić information content (AvgIpc) is 3.05. The van der Waals surface area contributed by atoms with Crippen LogP contribution in [0.1, 0.15) is 5.56 Å². The van der Waals surface area contributed by atoms with E-state index in [4.69, 9.17) is 28.1 Å². The maximum Gasteiger partial charge on any atom is 0.402 e. The van der Waals surface area contributed by atoms with Gasteiger partial charge in [0.1, 0.15) is 47.9 Å². The summed E-state index contributed by atoms with van der Waals surface area (Å²) in [6.45, 7) is -0.586. The number of aromatic hydroxyl groups is 5. The topological polar surface area (TPSA) is 236 Å². The highest BCUT2D eigenvalue weighted by Gasteiger charge is 2.46. The lowest BCUT2D eigenvalue weighted by molar-refractivity contribution is -0.278. The Morgan fingerprint density at radius 3 is 2.19 bits per heavy atom. The standard InChI is InChI=1S/C32H30O15/c1-42-22-7-14(8-23(43-2)27(22)38)3-6-26(37)44-13-25-28(39)29(40)30(41)32(47-25)46-24-12-17-19(35)10-16(33)11-21(17)45-31(24)15-4-5-18(34)20(36)9-15/h3-12,25,28-30,32,39-41H,13H2,1-2H3,(H4-,33,34,35,36,37,38)/p+1/t25-,28-,29+,30-,32-/m1/s1. The van der Waals surface area contributed by atoms with Gasteiger partial charge in [-0.25, -0.2) is 9.21 Å². The molecular weight excluding hydrogens is 624 g/mol. The predicted octanol–water partition coefficient (Wildman–Crippen LogP) is 2.37. The maximum absolute atomic E-state index is 12.5. The highest BCUT2D eigenvalue weighted by atomic mass is 16.7. The Balaban J connectivity index is 1.37. The second-order valence-electron chi connectivity index (χ2n) is 10.4. The normalized spacial score (nSPS) is 21.1. The summed E-state index contributed by atoms with van der Waals surface area (Å²) in [6.07, 6.45) is -6.05. The third kappa shape index (κ3) is 6.87. The molecule has 1 aliphatic heterocycles. The van der Waals surface area contributed by atoms with Gasteiger partial charge in [-0.2, -0.15) is 0 Å². The minimum absolute atomic E-state index is 0.0000168. The Morgan fingerprint density at radius 1 is 0.830 bits per heavy atom. The van der Waals surface area contributed by atoms with Gasteiger partial charge in [0.15, 0.2) is 23.0 Å². The largest absolute Gasteiger partial charge is 0.507 e. The SMILES string of the molecule is COc1cc(/C=C/C(=O)OC[C@H]2O[C@@H](Oc3cc4c(O)cc(O)cc4[o+]c3-c3ccc(O)c(O)c3)[C@H](O)[C@@H](O)[C@@H]2O)cc(OC)c1O. The second kappa shape index (κ2) is 13.5. The van der Waals surface area contributed by atoms with E-state index in [9.17, 15) is 45.6 Å².